The summed E-state index contributed by atoms with van der Waals surface area (Å²) >= 11 is 3.66. The molecule has 0 saturated heterocycles. The Hall–Kier alpha value is 0.285. The maximum absolute atomic E-state index is 2.03. The molecule has 43 valence electrons. The Morgan fingerprint density at radius 1 is 1.00 bits per heavy atom. The van der Waals surface area contributed by atoms with Gasteiger partial charge in [0.2, 0.25) is 0 Å². The van der Waals surface area contributed by atoms with Crippen LogP contribution >= 0.6 is 0 Å². The first-order chi connectivity index (χ1) is 3.91. The molecular formula is C7H9Al2. The molecule has 0 saturated carbocycles. The van der Waals surface area contributed by atoms with Crippen LogP contribution in [0.3, 0.4) is 0 Å². The van der Waals surface area contributed by atoms with Gasteiger partial charge in [-0.2, -0.15) is 0 Å². The molecule has 0 aliphatic rings. The van der Waals surface area contributed by atoms with Gasteiger partial charge in [0.15, 0.2) is 0 Å². The fourth-order valence-corrected chi connectivity index (χ4v) is 0.600. The number of allylic oxidation sites excluding steroid dienone is 4. The molecule has 0 atom stereocenters. The summed E-state index contributed by atoms with van der Waals surface area (Å²) in [5, 5.41) is 0. The summed E-state index contributed by atoms with van der Waals surface area (Å²) in [5.41, 5.74) is 0. The molecule has 0 spiro atoms. The van der Waals surface area contributed by atoms with Gasteiger partial charge in [-0.15, -0.1) is 0 Å². The third kappa shape index (κ3) is 11.7. The third-order valence-corrected chi connectivity index (χ3v) is 1.15. The molecule has 0 unspecified atom stereocenters. The van der Waals surface area contributed by atoms with Crippen LogP contribution in [-0.4, -0.2) is 32.6 Å². The average Bonchev–Trinajstić information content (AvgIpc) is 1.81. The zero-order valence-electron chi connectivity index (χ0n) is 5.46. The maximum Gasteiger partial charge on any atom is -0.726 e. The Kier molecular flexibility index (Phi) is 14.9. The topological polar surface area (TPSA) is 0 Å². The molecule has 0 aromatic carbocycles. The minimum absolute atomic E-state index is 0. The second-order valence-corrected chi connectivity index (χ2v) is 2.18. The van der Waals surface area contributed by atoms with Crippen molar-refractivity contribution < 1.29 is 0 Å². The molecule has 0 aromatic rings. The average molecular weight is 147 g/mol. The van der Waals surface area contributed by atoms with E-state index in [0.29, 0.717) is 0 Å². The Balaban J connectivity index is 0. The summed E-state index contributed by atoms with van der Waals surface area (Å²) in [5.74, 6) is 0. The van der Waals surface area contributed by atoms with E-state index >= 15 is 0 Å². The zero-order chi connectivity index (χ0) is 6.24. The van der Waals surface area contributed by atoms with E-state index in [2.05, 4.69) is 0 Å². The van der Waals surface area contributed by atoms with Gasteiger partial charge < -0.3 is 7.43 Å². The fourth-order valence-electron chi connectivity index (χ4n) is 0.285. The fraction of sp³-hybridized carbons (Fsp3) is 0. The molecule has 0 aliphatic carbocycles. The van der Waals surface area contributed by atoms with Crippen LogP contribution in [0.1, 0.15) is 0 Å². The first kappa shape index (κ1) is 12.0. The zero-order valence-corrected chi connectivity index (χ0v) is 8.28. The molecule has 0 amide bonds. The summed E-state index contributed by atoms with van der Waals surface area (Å²) < 4.78 is 0. The first-order valence-corrected chi connectivity index (χ1v) is 4.12. The van der Waals surface area contributed by atoms with Gasteiger partial charge >= 0.3 is 66.8 Å². The van der Waals surface area contributed by atoms with Crippen LogP contribution in [0.25, 0.3) is 0 Å². The quantitative estimate of drug-likeness (QED) is 0.304. The Labute approximate surface area is 74.2 Å². The van der Waals surface area contributed by atoms with Crippen LogP contribution in [0, 0.1) is 7.43 Å². The molecule has 0 fully saturated rings. The van der Waals surface area contributed by atoms with Gasteiger partial charge in [-0.1, -0.05) is 0 Å². The molecule has 9 heavy (non-hydrogen) atoms. The monoisotopic (exact) mass is 147 g/mol. The molecule has 0 bridgehead atoms. The number of hydrogen-bond donors (Lipinski definition) is 0. The van der Waals surface area contributed by atoms with Gasteiger partial charge in [-0.3, -0.25) is 0 Å². The second-order valence-electron chi connectivity index (χ2n) is 1.24. The molecule has 0 rings (SSSR count). The molecule has 2 heteroatoms. The van der Waals surface area contributed by atoms with Crippen molar-refractivity contribution in [3.8, 4) is 0 Å². The van der Waals surface area contributed by atoms with Gasteiger partial charge in [0.1, 0.15) is 0 Å². The van der Waals surface area contributed by atoms with Crippen molar-refractivity contribution >= 4 is 32.6 Å². The SMILES string of the molecule is [AlH]\[CH]=C/C=C\C=[CH]/[AlH+].[CH-]. The predicted molar refractivity (Wildman–Crippen MR) is 46.0 cm³/mol. The maximum atomic E-state index is 2.03. The van der Waals surface area contributed by atoms with E-state index in [9.17, 15) is 0 Å². The first-order valence-electron chi connectivity index (χ1n) is 2.48. The van der Waals surface area contributed by atoms with Crippen molar-refractivity contribution in [1.29, 1.82) is 0 Å². The van der Waals surface area contributed by atoms with Crippen molar-refractivity contribution in [2.75, 3.05) is 0 Å². The Bertz CT molecular complexity index is 98.1. The number of rotatable bonds is 2. The van der Waals surface area contributed by atoms with Crippen molar-refractivity contribution in [1.82, 2.24) is 0 Å². The summed E-state index contributed by atoms with van der Waals surface area (Å²) in [6, 6.07) is 0. The van der Waals surface area contributed by atoms with Gasteiger partial charge in [0.05, 0.1) is 0 Å². The van der Waals surface area contributed by atoms with Gasteiger partial charge in [-0.05, 0) is 0 Å². The standard InChI is InChI=1S/C6H6.CH.2Al.2H/c1-3-5-6-4-2;;;;;/h1-6H;1H;;;;/q;-1;;+1;;/b3-1?,4-2?,6-5-;;;;;. The molecular weight excluding hydrogens is 138 g/mol. The van der Waals surface area contributed by atoms with E-state index in [0.717, 1.165) is 0 Å². The Morgan fingerprint density at radius 3 is 2.00 bits per heavy atom. The summed E-state index contributed by atoms with van der Waals surface area (Å²) in [6.07, 6.45) is 8.05. The van der Waals surface area contributed by atoms with Gasteiger partial charge in [0.25, 0.3) is 0 Å². The van der Waals surface area contributed by atoms with Crippen molar-refractivity contribution in [3.05, 3.63) is 41.6 Å². The van der Waals surface area contributed by atoms with Crippen LogP contribution in [0.2, 0.25) is 0 Å². The molecule has 0 aliphatic heterocycles. The van der Waals surface area contributed by atoms with Crippen LogP contribution in [0.5, 0.6) is 0 Å². The molecule has 0 heterocycles. The van der Waals surface area contributed by atoms with Crippen molar-refractivity contribution in [3.63, 3.8) is 0 Å². The van der Waals surface area contributed by atoms with Crippen molar-refractivity contribution in [2.24, 2.45) is 0 Å². The molecule has 3 radical (unpaired) electrons. The second kappa shape index (κ2) is 11.1. The van der Waals surface area contributed by atoms with Crippen LogP contribution in [0.15, 0.2) is 34.2 Å². The van der Waals surface area contributed by atoms with Gasteiger partial charge in [0, 0.05) is 0 Å². The largest absolute Gasteiger partial charge is 0.726 e. The van der Waals surface area contributed by atoms with Gasteiger partial charge in [-0.25, -0.2) is 0 Å². The van der Waals surface area contributed by atoms with Crippen LogP contribution in [0.4, 0.5) is 0 Å². The van der Waals surface area contributed by atoms with Crippen molar-refractivity contribution in [2.45, 2.75) is 0 Å². The van der Waals surface area contributed by atoms with E-state index in [1.165, 1.54) is 0 Å². The van der Waals surface area contributed by atoms with Crippen LogP contribution in [-0.2, 0) is 0 Å². The smallest absolute Gasteiger partial charge is 0.726 e. The minimum Gasteiger partial charge on any atom is -0.726 e. The predicted octanol–water partition coefficient (Wildman–Crippen LogP) is 0.576. The van der Waals surface area contributed by atoms with E-state index in [1.807, 2.05) is 66.8 Å². The normalized spacial score (nSPS) is 11.0. The number of hydrogen-bond acceptors (Lipinski definition) is 0. The van der Waals surface area contributed by atoms with E-state index in [-0.39, 0.29) is 7.43 Å². The van der Waals surface area contributed by atoms with E-state index < -0.39 is 0 Å². The molecule has 0 nitrogen and oxygen atoms in total. The van der Waals surface area contributed by atoms with E-state index in [1.54, 1.807) is 0 Å². The molecule has 0 N–H and O–H groups in total. The summed E-state index contributed by atoms with van der Waals surface area (Å²) in [6.45, 7) is 0. The minimum atomic E-state index is 0. The summed E-state index contributed by atoms with van der Waals surface area (Å²) in [7, 11) is 0. The third-order valence-electron chi connectivity index (χ3n) is 0.605. The summed E-state index contributed by atoms with van der Waals surface area (Å²) in [4.78, 5) is 4.06. The van der Waals surface area contributed by atoms with E-state index in [4.69, 9.17) is 0 Å². The Morgan fingerprint density at radius 2 is 1.56 bits per heavy atom. The van der Waals surface area contributed by atoms with Crippen LogP contribution < -0.4 is 0 Å². The molecule has 0 aromatic heterocycles.